The van der Waals surface area contributed by atoms with Crippen molar-refractivity contribution < 1.29 is 36.6 Å². The number of esters is 1. The Hall–Kier alpha value is -2.62. The van der Waals surface area contributed by atoms with Crippen LogP contribution in [0.25, 0.3) is 0 Å². The van der Waals surface area contributed by atoms with Crippen molar-refractivity contribution in [2.75, 3.05) is 12.4 Å². The summed E-state index contributed by atoms with van der Waals surface area (Å²) in [5, 5.41) is 2.95. The maximum absolute atomic E-state index is 13.2. The van der Waals surface area contributed by atoms with E-state index in [9.17, 15) is 27.2 Å². The van der Waals surface area contributed by atoms with Crippen molar-refractivity contribution in [2.24, 2.45) is 0 Å². The molecule has 1 N–H and O–H groups in total. The molecule has 1 aliphatic carbocycles. The van der Waals surface area contributed by atoms with Gasteiger partial charge >= 0.3 is 18.5 Å². The number of methoxy groups -OCH3 is 1. The number of carbonyl (C=O) groups excluding carboxylic acids is 2. The molecule has 3 rings (SSSR count). The SMILES string of the molecule is COC(=O)c1c(NC(=O)c2cccc(OC(F)(F)C(F)F)c2)sc2c1CCCCCC2. The monoisotopic (exact) mass is 459 g/mol. The largest absolute Gasteiger partial charge is 0.465 e. The van der Waals surface area contributed by atoms with Crippen molar-refractivity contribution in [3.8, 4) is 5.75 Å². The highest BCUT2D eigenvalue weighted by atomic mass is 32.1. The number of fused-ring (bicyclic) bond motifs is 1. The molecule has 0 radical (unpaired) electrons. The highest BCUT2D eigenvalue weighted by Crippen LogP contribution is 2.38. The summed E-state index contributed by atoms with van der Waals surface area (Å²) < 4.78 is 60.0. The quantitative estimate of drug-likeness (QED) is 0.446. The van der Waals surface area contributed by atoms with Crippen LogP contribution in [0.5, 0.6) is 5.75 Å². The standard InChI is InChI=1S/C21H21F4NO4S/c1-29-19(28)16-14-9-4-2-3-5-10-15(14)31-18(16)26-17(27)12-7-6-8-13(11-12)30-21(24,25)20(22)23/h6-8,11,20H,2-5,9-10H2,1H3,(H,26,27). The molecule has 168 valence electrons. The predicted molar refractivity (Wildman–Crippen MR) is 108 cm³/mol. The molecule has 0 saturated heterocycles. The number of ether oxygens (including phenoxy) is 2. The van der Waals surface area contributed by atoms with Crippen LogP contribution < -0.4 is 10.1 Å². The molecule has 1 heterocycles. The first-order chi connectivity index (χ1) is 14.7. The van der Waals surface area contributed by atoms with Gasteiger partial charge in [0.1, 0.15) is 10.8 Å². The van der Waals surface area contributed by atoms with Gasteiger partial charge in [-0.15, -0.1) is 11.3 Å². The van der Waals surface area contributed by atoms with Crippen molar-refractivity contribution >= 4 is 28.2 Å². The fraction of sp³-hybridized carbons (Fsp3) is 0.429. The van der Waals surface area contributed by atoms with E-state index in [1.165, 1.54) is 30.6 Å². The van der Waals surface area contributed by atoms with E-state index in [0.717, 1.165) is 54.7 Å². The van der Waals surface area contributed by atoms with E-state index >= 15 is 0 Å². The second-order valence-electron chi connectivity index (χ2n) is 7.06. The molecule has 1 aromatic heterocycles. The van der Waals surface area contributed by atoms with Gasteiger partial charge in [-0.05, 0) is 49.4 Å². The minimum atomic E-state index is -4.68. The lowest BCUT2D eigenvalue weighted by Crippen LogP contribution is -2.33. The first-order valence-corrected chi connectivity index (χ1v) is 10.5. The van der Waals surface area contributed by atoms with Gasteiger partial charge in [0.25, 0.3) is 5.91 Å². The highest BCUT2D eigenvalue weighted by Gasteiger charge is 2.44. The lowest BCUT2D eigenvalue weighted by atomic mass is 9.96. The molecule has 1 aromatic carbocycles. The number of amides is 1. The fourth-order valence-corrected chi connectivity index (χ4v) is 4.68. The number of nitrogens with one attached hydrogen (secondary N) is 1. The van der Waals surface area contributed by atoms with Crippen LogP contribution in [0.3, 0.4) is 0 Å². The highest BCUT2D eigenvalue weighted by molar-refractivity contribution is 7.17. The van der Waals surface area contributed by atoms with Gasteiger partial charge in [0.15, 0.2) is 0 Å². The Morgan fingerprint density at radius 3 is 2.52 bits per heavy atom. The zero-order chi connectivity index (χ0) is 22.6. The minimum absolute atomic E-state index is 0.0841. The number of carbonyl (C=O) groups is 2. The Kier molecular flexibility index (Phi) is 7.19. The van der Waals surface area contributed by atoms with Gasteiger partial charge in [0, 0.05) is 10.4 Å². The molecule has 31 heavy (non-hydrogen) atoms. The van der Waals surface area contributed by atoms with Gasteiger partial charge < -0.3 is 14.8 Å². The maximum Gasteiger partial charge on any atom is 0.461 e. The van der Waals surface area contributed by atoms with E-state index in [1.807, 2.05) is 0 Å². The Morgan fingerprint density at radius 1 is 1.13 bits per heavy atom. The Labute approximate surface area is 180 Å². The molecule has 0 saturated carbocycles. The first-order valence-electron chi connectivity index (χ1n) is 9.72. The van der Waals surface area contributed by atoms with Crippen molar-refractivity contribution in [3.05, 3.63) is 45.8 Å². The normalized spacial score (nSPS) is 14.4. The molecular weight excluding hydrogens is 438 g/mol. The number of alkyl halides is 4. The van der Waals surface area contributed by atoms with Crippen molar-refractivity contribution in [1.82, 2.24) is 0 Å². The van der Waals surface area contributed by atoms with Crippen molar-refractivity contribution in [1.29, 1.82) is 0 Å². The lowest BCUT2D eigenvalue weighted by Gasteiger charge is -2.17. The Morgan fingerprint density at radius 2 is 1.84 bits per heavy atom. The van der Waals surface area contributed by atoms with Crippen LogP contribution >= 0.6 is 11.3 Å². The van der Waals surface area contributed by atoms with Crippen LogP contribution in [0.15, 0.2) is 24.3 Å². The molecule has 0 bridgehead atoms. The molecular formula is C21H21F4NO4S. The minimum Gasteiger partial charge on any atom is -0.465 e. The van der Waals surface area contributed by atoms with Gasteiger partial charge in [-0.25, -0.2) is 4.79 Å². The molecule has 2 aromatic rings. The second kappa shape index (κ2) is 9.67. The summed E-state index contributed by atoms with van der Waals surface area (Å²) >= 11 is 1.29. The Bertz CT molecular complexity index is 961. The molecule has 5 nitrogen and oxygen atoms in total. The van der Waals surface area contributed by atoms with E-state index in [0.29, 0.717) is 17.0 Å². The smallest absolute Gasteiger partial charge is 0.461 e. The van der Waals surface area contributed by atoms with Gasteiger partial charge in [-0.3, -0.25) is 4.79 Å². The van der Waals surface area contributed by atoms with Crippen LogP contribution in [0.1, 0.15) is 56.8 Å². The van der Waals surface area contributed by atoms with E-state index in [1.54, 1.807) is 0 Å². The van der Waals surface area contributed by atoms with E-state index in [2.05, 4.69) is 10.1 Å². The zero-order valence-electron chi connectivity index (χ0n) is 16.7. The summed E-state index contributed by atoms with van der Waals surface area (Å²) in [7, 11) is 1.25. The number of benzene rings is 1. The molecule has 0 fully saturated rings. The number of hydrogen-bond donors (Lipinski definition) is 1. The second-order valence-corrected chi connectivity index (χ2v) is 8.17. The molecule has 0 unspecified atom stereocenters. The van der Waals surface area contributed by atoms with E-state index in [-0.39, 0.29) is 5.56 Å². The van der Waals surface area contributed by atoms with Gasteiger partial charge in [0.05, 0.1) is 12.7 Å². The van der Waals surface area contributed by atoms with Gasteiger partial charge in [-0.2, -0.15) is 17.6 Å². The summed E-state index contributed by atoms with van der Waals surface area (Å²) in [4.78, 5) is 26.2. The number of thiophene rings is 1. The molecule has 0 aliphatic heterocycles. The summed E-state index contributed by atoms with van der Waals surface area (Å²) in [6.45, 7) is 0. The molecule has 1 aliphatic rings. The predicted octanol–water partition coefficient (Wildman–Crippen LogP) is 5.68. The van der Waals surface area contributed by atoms with Crippen LogP contribution in [-0.4, -0.2) is 31.5 Å². The van der Waals surface area contributed by atoms with Gasteiger partial charge in [-0.1, -0.05) is 18.9 Å². The van der Waals surface area contributed by atoms with Crippen molar-refractivity contribution in [2.45, 2.75) is 51.1 Å². The number of rotatable bonds is 6. The van der Waals surface area contributed by atoms with Crippen LogP contribution in [-0.2, 0) is 17.6 Å². The number of halogens is 4. The van der Waals surface area contributed by atoms with Crippen LogP contribution in [0, 0.1) is 0 Å². The van der Waals surface area contributed by atoms with Crippen LogP contribution in [0.2, 0.25) is 0 Å². The number of anilines is 1. The Balaban J connectivity index is 1.87. The lowest BCUT2D eigenvalue weighted by molar-refractivity contribution is -0.253. The summed E-state index contributed by atoms with van der Waals surface area (Å²) in [5.74, 6) is -1.84. The average Bonchev–Trinajstić information content (AvgIpc) is 3.03. The molecule has 0 atom stereocenters. The van der Waals surface area contributed by atoms with E-state index < -0.39 is 30.2 Å². The third-order valence-electron chi connectivity index (χ3n) is 4.89. The maximum atomic E-state index is 13.2. The summed E-state index contributed by atoms with van der Waals surface area (Å²) in [5.41, 5.74) is 1.08. The van der Waals surface area contributed by atoms with Crippen molar-refractivity contribution in [3.63, 3.8) is 0 Å². The average molecular weight is 459 g/mol. The number of hydrogen-bond acceptors (Lipinski definition) is 5. The van der Waals surface area contributed by atoms with Gasteiger partial charge in [0.2, 0.25) is 0 Å². The third kappa shape index (κ3) is 5.36. The first kappa shape index (κ1) is 23.1. The zero-order valence-corrected chi connectivity index (χ0v) is 17.5. The summed E-state index contributed by atoms with van der Waals surface area (Å²) in [6, 6.07) is 4.54. The fourth-order valence-electron chi connectivity index (χ4n) is 3.40. The van der Waals surface area contributed by atoms with Crippen LogP contribution in [0.4, 0.5) is 22.6 Å². The molecule has 10 heteroatoms. The molecule has 1 amide bonds. The van der Waals surface area contributed by atoms with E-state index in [4.69, 9.17) is 4.74 Å². The number of aryl methyl sites for hydroxylation is 1. The third-order valence-corrected chi connectivity index (χ3v) is 6.10. The molecule has 0 spiro atoms. The summed E-state index contributed by atoms with van der Waals surface area (Å²) in [6.07, 6.45) is -3.20. The topological polar surface area (TPSA) is 64.6 Å².